The number of Topliss-reactive ketones (excluding diaryl/α,β-unsaturated/α-hetero) is 1. The smallest absolute Gasteiger partial charge is 0.289 e. The van der Waals surface area contributed by atoms with Gasteiger partial charge in [0.15, 0.2) is 0 Å². The van der Waals surface area contributed by atoms with Crippen LogP contribution in [-0.4, -0.2) is 85.0 Å². The Morgan fingerprint density at radius 1 is 1.08 bits per heavy atom. The van der Waals surface area contributed by atoms with E-state index in [0.717, 1.165) is 43.4 Å². The van der Waals surface area contributed by atoms with Crippen LogP contribution < -0.4 is 20.7 Å². The van der Waals surface area contributed by atoms with Crippen LogP contribution in [0.2, 0.25) is 0 Å². The van der Waals surface area contributed by atoms with E-state index >= 15 is 0 Å². The highest BCUT2D eigenvalue weighted by Gasteiger charge is 2.50. The Balaban J connectivity index is 1.62. The molecule has 1 unspecified atom stereocenters. The van der Waals surface area contributed by atoms with Crippen LogP contribution in [-0.2, 0) is 34.0 Å². The van der Waals surface area contributed by atoms with Gasteiger partial charge in [-0.1, -0.05) is 79.7 Å². The van der Waals surface area contributed by atoms with Crippen molar-refractivity contribution in [2.75, 3.05) is 13.1 Å². The summed E-state index contributed by atoms with van der Waals surface area (Å²) in [4.78, 5) is 74.4. The predicted molar refractivity (Wildman–Crippen MR) is 195 cm³/mol. The molecule has 284 valence electrons. The second-order valence-electron chi connectivity index (χ2n) is 16.2. The first kappa shape index (κ1) is 40.6. The van der Waals surface area contributed by atoms with Gasteiger partial charge in [-0.15, -0.1) is 17.9 Å². The minimum absolute atomic E-state index is 0.00519. The molecule has 2 saturated carbocycles. The Morgan fingerprint density at radius 3 is 2.29 bits per heavy atom. The van der Waals surface area contributed by atoms with Gasteiger partial charge in [-0.3, -0.25) is 24.0 Å². The number of sulfonamides is 1. The Bertz CT molecular complexity index is 1550. The largest absolute Gasteiger partial charge is 0.346 e. The third-order valence-corrected chi connectivity index (χ3v) is 13.3. The molecule has 3 aliphatic rings. The van der Waals surface area contributed by atoms with Crippen LogP contribution in [0.5, 0.6) is 0 Å². The van der Waals surface area contributed by atoms with Crippen LogP contribution in [0.1, 0.15) is 99.3 Å². The van der Waals surface area contributed by atoms with Crippen molar-refractivity contribution in [3.63, 3.8) is 0 Å². The fourth-order valence-electron chi connectivity index (χ4n) is 7.43. The third kappa shape index (κ3) is 10.0. The summed E-state index contributed by atoms with van der Waals surface area (Å²) >= 11 is 0.952. The van der Waals surface area contributed by atoms with E-state index in [4.69, 9.17) is 0 Å². The van der Waals surface area contributed by atoms with Crippen LogP contribution in [0.3, 0.4) is 0 Å². The number of ketones is 1. The highest BCUT2D eigenvalue weighted by atomic mass is 32.2. The third-order valence-electron chi connectivity index (χ3n) is 10.6. The van der Waals surface area contributed by atoms with E-state index in [9.17, 15) is 32.4 Å². The summed E-state index contributed by atoms with van der Waals surface area (Å²) in [5, 5.41) is 9.83. The molecule has 15 heteroatoms. The maximum absolute atomic E-state index is 14.6. The standard InChI is InChI=1S/C36H56N6O7S2/c1-8-17-37-31(45)27(43)25(21-23-12-13-23)39-30(44)26-24(22(2)3)14-19-42(26)33(47)29(35(4,5)6)40-32(46)28(36(7)15-10-9-11-16-36)41-51(48,49)34-38-18-20-50-34/h8,18,20,22-26,28-29,41H,1,9-17,19,21H2,2-7H3,(H,37,45)(H,39,44)(H,40,46)/t24-,25?,26+,28-,29-/m1/s1. The molecule has 5 atom stereocenters. The molecule has 1 aromatic heterocycles. The minimum Gasteiger partial charge on any atom is -0.346 e. The van der Waals surface area contributed by atoms with E-state index in [1.807, 2.05) is 41.5 Å². The molecule has 1 aromatic rings. The number of carbonyl (C=O) groups excluding carboxylic acids is 5. The number of thiazole rings is 1. The lowest BCUT2D eigenvalue weighted by atomic mass is 9.70. The first-order valence-electron chi connectivity index (χ1n) is 18.2. The predicted octanol–water partition coefficient (Wildman–Crippen LogP) is 3.32. The van der Waals surface area contributed by atoms with Crippen molar-refractivity contribution in [1.82, 2.24) is 30.6 Å². The van der Waals surface area contributed by atoms with Crippen LogP contribution in [0.15, 0.2) is 28.6 Å². The molecule has 3 fully saturated rings. The molecule has 0 aromatic carbocycles. The van der Waals surface area contributed by atoms with Gasteiger partial charge in [-0.2, -0.15) is 4.72 Å². The van der Waals surface area contributed by atoms with Gasteiger partial charge in [-0.05, 0) is 54.3 Å². The summed E-state index contributed by atoms with van der Waals surface area (Å²) in [5.41, 5.74) is -1.54. The zero-order valence-corrected chi connectivity index (χ0v) is 32.5. The van der Waals surface area contributed by atoms with Gasteiger partial charge in [0.25, 0.3) is 15.9 Å². The van der Waals surface area contributed by atoms with Crippen molar-refractivity contribution in [1.29, 1.82) is 0 Å². The van der Waals surface area contributed by atoms with Crippen LogP contribution in [0.4, 0.5) is 0 Å². The van der Waals surface area contributed by atoms with Gasteiger partial charge >= 0.3 is 0 Å². The van der Waals surface area contributed by atoms with E-state index in [2.05, 4.69) is 32.2 Å². The van der Waals surface area contributed by atoms with Crippen molar-refractivity contribution in [2.45, 2.75) is 128 Å². The number of carbonyl (C=O) groups is 5. The molecule has 51 heavy (non-hydrogen) atoms. The molecule has 4 N–H and O–H groups in total. The van der Waals surface area contributed by atoms with Crippen molar-refractivity contribution in [3.05, 3.63) is 24.2 Å². The highest BCUT2D eigenvalue weighted by molar-refractivity contribution is 7.91. The maximum atomic E-state index is 14.6. The van der Waals surface area contributed by atoms with Gasteiger partial charge < -0.3 is 20.9 Å². The Kier molecular flexibility index (Phi) is 13.3. The number of aromatic nitrogens is 1. The maximum Gasteiger partial charge on any atom is 0.289 e. The molecule has 2 heterocycles. The van der Waals surface area contributed by atoms with Gasteiger partial charge in [0, 0.05) is 24.7 Å². The molecule has 0 radical (unpaired) electrons. The highest BCUT2D eigenvalue weighted by Crippen LogP contribution is 2.40. The van der Waals surface area contributed by atoms with Crippen LogP contribution in [0, 0.1) is 28.6 Å². The molecular formula is C36H56N6O7S2. The zero-order chi connectivity index (χ0) is 37.7. The van der Waals surface area contributed by atoms with E-state index in [-0.39, 0.29) is 35.2 Å². The summed E-state index contributed by atoms with van der Waals surface area (Å²) in [6.45, 7) is 15.2. The van der Waals surface area contributed by atoms with Crippen molar-refractivity contribution < 1.29 is 32.4 Å². The minimum atomic E-state index is -4.14. The lowest BCUT2D eigenvalue weighted by Crippen LogP contribution is -2.63. The summed E-state index contributed by atoms with van der Waals surface area (Å²) in [7, 11) is -4.14. The second kappa shape index (κ2) is 16.7. The SMILES string of the molecule is C=CCNC(=O)C(=O)C(CC1CC1)NC(=O)[C@@H]1[C@@H](C(C)C)CCN1C(=O)[C@@H](NC(=O)[C@@H](NS(=O)(=O)c1nccs1)C1(C)CCCCC1)C(C)(C)C. The van der Waals surface area contributed by atoms with Gasteiger partial charge in [0.05, 0.1) is 6.04 Å². The topological polar surface area (TPSA) is 184 Å². The number of likely N-dealkylation sites (tertiary alicyclic amines) is 1. The molecule has 1 saturated heterocycles. The number of nitrogens with one attached hydrogen (secondary N) is 4. The average molecular weight is 749 g/mol. The Morgan fingerprint density at radius 2 is 1.75 bits per heavy atom. The molecule has 2 aliphatic carbocycles. The average Bonchev–Trinajstić information content (AvgIpc) is 3.50. The van der Waals surface area contributed by atoms with E-state index in [1.165, 1.54) is 17.2 Å². The summed E-state index contributed by atoms with van der Waals surface area (Å²) in [6, 6.07) is -4.27. The fraction of sp³-hybridized carbons (Fsp3) is 0.722. The first-order valence-corrected chi connectivity index (χ1v) is 20.5. The van der Waals surface area contributed by atoms with Crippen molar-refractivity contribution >= 4 is 50.8 Å². The lowest BCUT2D eigenvalue weighted by molar-refractivity contribution is -0.146. The molecule has 4 amide bonds. The van der Waals surface area contributed by atoms with Crippen molar-refractivity contribution in [3.8, 4) is 0 Å². The Hall–Kier alpha value is -3.17. The molecule has 0 bridgehead atoms. The van der Waals surface area contributed by atoms with Crippen LogP contribution in [0.25, 0.3) is 0 Å². The zero-order valence-electron chi connectivity index (χ0n) is 30.8. The molecule has 0 spiro atoms. The first-order chi connectivity index (χ1) is 23.9. The van der Waals surface area contributed by atoms with Gasteiger partial charge in [0.1, 0.15) is 18.1 Å². The number of nitrogens with zero attached hydrogens (tertiary/aromatic N) is 2. The number of hydrogen-bond acceptors (Lipinski definition) is 9. The van der Waals surface area contributed by atoms with Gasteiger partial charge in [-0.25, -0.2) is 13.4 Å². The van der Waals surface area contributed by atoms with Gasteiger partial charge in [0.2, 0.25) is 27.8 Å². The Labute approximate surface area is 306 Å². The summed E-state index contributed by atoms with van der Waals surface area (Å²) < 4.78 is 29.3. The lowest BCUT2D eigenvalue weighted by Gasteiger charge is -2.42. The molecule has 13 nitrogen and oxygen atoms in total. The van der Waals surface area contributed by atoms with Crippen molar-refractivity contribution in [2.24, 2.45) is 28.6 Å². The quantitative estimate of drug-likeness (QED) is 0.147. The molecule has 4 rings (SSSR count). The number of rotatable bonds is 16. The normalized spacial score (nSPS) is 22.5. The molecular weight excluding hydrogens is 693 g/mol. The van der Waals surface area contributed by atoms with E-state index < -0.39 is 74.4 Å². The molecule has 1 aliphatic heterocycles. The summed E-state index contributed by atoms with van der Waals surface area (Å²) in [5.74, 6) is -3.16. The second-order valence-corrected chi connectivity index (χ2v) is 18.9. The van der Waals surface area contributed by atoms with E-state index in [1.54, 1.807) is 5.38 Å². The monoisotopic (exact) mass is 748 g/mol. The van der Waals surface area contributed by atoms with E-state index in [0.29, 0.717) is 25.7 Å². The van der Waals surface area contributed by atoms with Crippen LogP contribution >= 0.6 is 11.3 Å². The fourth-order valence-corrected chi connectivity index (χ4v) is 9.61. The summed E-state index contributed by atoms with van der Waals surface area (Å²) in [6.07, 6.45) is 9.42. The number of hydrogen-bond donors (Lipinski definition) is 4. The number of amides is 4.